The number of hydrogen-bond acceptors (Lipinski definition) is 5. The lowest BCUT2D eigenvalue weighted by Gasteiger charge is -2.19. The molecule has 1 heterocycles. The fraction of sp³-hybridized carbons (Fsp3) is 0.174. The van der Waals surface area contributed by atoms with Gasteiger partial charge in [0, 0.05) is 46.2 Å². The van der Waals surface area contributed by atoms with Crippen molar-refractivity contribution >= 4 is 44.8 Å². The van der Waals surface area contributed by atoms with E-state index in [1.54, 1.807) is 47.4 Å². The smallest absolute Gasteiger partial charge is 0.238 e. The van der Waals surface area contributed by atoms with Gasteiger partial charge in [0.2, 0.25) is 15.9 Å². The van der Waals surface area contributed by atoms with E-state index in [1.807, 2.05) is 6.07 Å². The largest absolute Gasteiger partial charge is 0.493 e. The average Bonchev–Trinajstić information content (AvgIpc) is 3.15. The van der Waals surface area contributed by atoms with Crippen molar-refractivity contribution < 1.29 is 22.7 Å². The van der Waals surface area contributed by atoms with Crippen molar-refractivity contribution in [1.29, 1.82) is 0 Å². The first-order valence-corrected chi connectivity index (χ1v) is 12.2. The average molecular weight is 507 g/mol. The van der Waals surface area contributed by atoms with E-state index in [-0.39, 0.29) is 23.1 Å². The fourth-order valence-electron chi connectivity index (χ4n) is 3.76. The SMILES string of the molecule is COc1ccc(Cl)cc1Oc1cc(Cl)ccc1[C@H]1CC(=O)N(c2ccc(S(N)(=O)=O)cc2)C1. The summed E-state index contributed by atoms with van der Waals surface area (Å²) in [5, 5.41) is 6.12. The first-order valence-electron chi connectivity index (χ1n) is 9.90. The topological polar surface area (TPSA) is 98.9 Å². The van der Waals surface area contributed by atoms with E-state index in [2.05, 4.69) is 0 Å². The lowest BCUT2D eigenvalue weighted by molar-refractivity contribution is -0.117. The van der Waals surface area contributed by atoms with Gasteiger partial charge in [-0.05, 0) is 48.5 Å². The molecule has 1 amide bonds. The zero-order chi connectivity index (χ0) is 23.8. The molecular formula is C23H20Cl2N2O5S. The maximum absolute atomic E-state index is 12.8. The highest BCUT2D eigenvalue weighted by molar-refractivity contribution is 7.89. The van der Waals surface area contributed by atoms with Crippen LogP contribution in [0.5, 0.6) is 17.2 Å². The van der Waals surface area contributed by atoms with Gasteiger partial charge in [0.15, 0.2) is 11.5 Å². The molecule has 2 N–H and O–H groups in total. The van der Waals surface area contributed by atoms with Crippen molar-refractivity contribution in [3.05, 3.63) is 76.3 Å². The number of halogens is 2. The van der Waals surface area contributed by atoms with Crippen LogP contribution >= 0.6 is 23.2 Å². The van der Waals surface area contributed by atoms with Crippen LogP contribution in [0.15, 0.2) is 65.6 Å². The number of sulfonamides is 1. The van der Waals surface area contributed by atoms with Crippen LogP contribution in [0, 0.1) is 0 Å². The van der Waals surface area contributed by atoms with Crippen LogP contribution in [0.3, 0.4) is 0 Å². The highest BCUT2D eigenvalue weighted by Gasteiger charge is 2.33. The molecule has 1 saturated heterocycles. The summed E-state index contributed by atoms with van der Waals surface area (Å²) in [6.07, 6.45) is 0.252. The molecule has 4 rings (SSSR count). The van der Waals surface area contributed by atoms with E-state index < -0.39 is 10.0 Å². The summed E-state index contributed by atoms with van der Waals surface area (Å²) < 4.78 is 34.5. The van der Waals surface area contributed by atoms with E-state index in [0.717, 1.165) is 5.56 Å². The molecule has 1 fully saturated rings. The molecule has 0 saturated carbocycles. The van der Waals surface area contributed by atoms with Gasteiger partial charge in [-0.1, -0.05) is 29.3 Å². The molecule has 1 atom stereocenters. The minimum Gasteiger partial charge on any atom is -0.493 e. The molecular weight excluding hydrogens is 487 g/mol. The number of amides is 1. The van der Waals surface area contributed by atoms with Crippen molar-refractivity contribution in [1.82, 2.24) is 0 Å². The first kappa shape index (κ1) is 23.4. The quantitative estimate of drug-likeness (QED) is 0.509. The third kappa shape index (κ3) is 5.09. The van der Waals surface area contributed by atoms with Crippen molar-refractivity contribution in [2.75, 3.05) is 18.6 Å². The molecule has 0 aliphatic carbocycles. The van der Waals surface area contributed by atoms with Crippen molar-refractivity contribution in [2.45, 2.75) is 17.2 Å². The molecule has 0 bridgehead atoms. The standard InChI is InChI=1S/C23H20Cl2N2O5S/c1-31-20-9-3-16(25)12-22(20)32-21-11-15(24)2-8-19(21)14-10-23(28)27(13-14)17-4-6-18(7-5-17)33(26,29)30/h2-9,11-12,14H,10,13H2,1H3,(H2,26,29,30)/t14-/m0/s1. The van der Waals surface area contributed by atoms with Crippen LogP contribution < -0.4 is 19.5 Å². The Labute approximate surface area is 201 Å². The molecule has 1 aliphatic heterocycles. The van der Waals surface area contributed by atoms with Gasteiger partial charge in [0.1, 0.15) is 5.75 Å². The number of methoxy groups -OCH3 is 1. The van der Waals surface area contributed by atoms with E-state index >= 15 is 0 Å². The Bertz CT molecular complexity index is 1310. The third-order valence-corrected chi connectivity index (χ3v) is 6.76. The molecule has 1 aliphatic rings. The van der Waals surface area contributed by atoms with Crippen molar-refractivity contribution in [2.24, 2.45) is 5.14 Å². The second-order valence-electron chi connectivity index (χ2n) is 7.52. The zero-order valence-corrected chi connectivity index (χ0v) is 19.8. The molecule has 7 nitrogen and oxygen atoms in total. The molecule has 10 heteroatoms. The number of carbonyl (C=O) groups excluding carboxylic acids is 1. The molecule has 172 valence electrons. The van der Waals surface area contributed by atoms with Gasteiger partial charge >= 0.3 is 0 Å². The zero-order valence-electron chi connectivity index (χ0n) is 17.5. The van der Waals surface area contributed by atoms with Crippen LogP contribution in [-0.2, 0) is 14.8 Å². The predicted octanol–water partition coefficient (Wildman–Crippen LogP) is 4.96. The summed E-state index contributed by atoms with van der Waals surface area (Å²) >= 11 is 12.4. The van der Waals surface area contributed by atoms with Gasteiger partial charge < -0.3 is 14.4 Å². The van der Waals surface area contributed by atoms with Gasteiger partial charge in [-0.25, -0.2) is 13.6 Å². The van der Waals surface area contributed by atoms with E-state index in [1.165, 1.54) is 19.2 Å². The number of hydrogen-bond donors (Lipinski definition) is 1. The second-order valence-corrected chi connectivity index (χ2v) is 9.96. The summed E-state index contributed by atoms with van der Waals surface area (Å²) in [5.74, 6) is 1.16. The van der Waals surface area contributed by atoms with Gasteiger partial charge in [-0.15, -0.1) is 0 Å². The highest BCUT2D eigenvalue weighted by atomic mass is 35.5. The van der Waals surface area contributed by atoms with Gasteiger partial charge in [0.25, 0.3) is 0 Å². The number of primary sulfonamides is 1. The second kappa shape index (κ2) is 9.23. The van der Waals surface area contributed by atoms with Crippen LogP contribution in [0.25, 0.3) is 0 Å². The molecule has 0 radical (unpaired) electrons. The number of nitrogens with zero attached hydrogens (tertiary/aromatic N) is 1. The molecule has 3 aromatic rings. The van der Waals surface area contributed by atoms with Crippen LogP contribution in [-0.4, -0.2) is 28.0 Å². The summed E-state index contributed by atoms with van der Waals surface area (Å²) in [6, 6.07) is 16.2. The van der Waals surface area contributed by atoms with Crippen LogP contribution in [0.1, 0.15) is 17.9 Å². The predicted molar refractivity (Wildman–Crippen MR) is 127 cm³/mol. The molecule has 0 spiro atoms. The maximum Gasteiger partial charge on any atom is 0.238 e. The Morgan fingerprint density at radius 2 is 1.58 bits per heavy atom. The van der Waals surface area contributed by atoms with Crippen LogP contribution in [0.4, 0.5) is 5.69 Å². The normalized spacial score (nSPS) is 16.2. The monoisotopic (exact) mass is 506 g/mol. The third-order valence-electron chi connectivity index (χ3n) is 5.36. The van der Waals surface area contributed by atoms with Crippen molar-refractivity contribution in [3.8, 4) is 17.2 Å². The number of nitrogens with two attached hydrogens (primary N) is 1. The van der Waals surface area contributed by atoms with Gasteiger partial charge in [-0.2, -0.15) is 0 Å². The Morgan fingerprint density at radius 1 is 0.939 bits per heavy atom. The fourth-order valence-corrected chi connectivity index (χ4v) is 4.60. The number of benzene rings is 3. The maximum atomic E-state index is 12.8. The summed E-state index contributed by atoms with van der Waals surface area (Å²) in [4.78, 5) is 14.4. The summed E-state index contributed by atoms with van der Waals surface area (Å²) in [5.41, 5.74) is 1.39. The Hall–Kier alpha value is -2.78. The van der Waals surface area contributed by atoms with Crippen molar-refractivity contribution in [3.63, 3.8) is 0 Å². The number of carbonyl (C=O) groups is 1. The summed E-state index contributed by atoms with van der Waals surface area (Å²) in [6.45, 7) is 0.387. The Kier molecular flexibility index (Phi) is 6.54. The summed E-state index contributed by atoms with van der Waals surface area (Å²) in [7, 11) is -2.28. The van der Waals surface area contributed by atoms with E-state index in [4.69, 9.17) is 37.8 Å². The molecule has 0 unspecified atom stereocenters. The van der Waals surface area contributed by atoms with Gasteiger partial charge in [0.05, 0.1) is 12.0 Å². The van der Waals surface area contributed by atoms with Gasteiger partial charge in [-0.3, -0.25) is 4.79 Å². The Morgan fingerprint density at radius 3 is 2.21 bits per heavy atom. The van der Waals surface area contributed by atoms with E-state index in [0.29, 0.717) is 39.5 Å². The molecule has 33 heavy (non-hydrogen) atoms. The number of anilines is 1. The molecule has 3 aromatic carbocycles. The van der Waals surface area contributed by atoms with Crippen LogP contribution in [0.2, 0.25) is 10.0 Å². The minimum atomic E-state index is -3.81. The highest BCUT2D eigenvalue weighted by Crippen LogP contribution is 2.41. The lowest BCUT2D eigenvalue weighted by atomic mass is 9.97. The number of rotatable bonds is 6. The van der Waals surface area contributed by atoms with E-state index in [9.17, 15) is 13.2 Å². The first-order chi connectivity index (χ1) is 15.7. The molecule has 0 aromatic heterocycles. The Balaban J connectivity index is 1.63. The number of ether oxygens (including phenoxy) is 2. The lowest BCUT2D eigenvalue weighted by Crippen LogP contribution is -2.24. The minimum absolute atomic E-state index is 0.0155.